The molecule has 0 saturated carbocycles. The van der Waals surface area contributed by atoms with E-state index >= 15 is 0 Å². The molecule has 0 nitrogen and oxygen atoms in total. The van der Waals surface area contributed by atoms with E-state index in [1.807, 2.05) is 0 Å². The van der Waals surface area contributed by atoms with Crippen LogP contribution in [0.2, 0.25) is 0 Å². The van der Waals surface area contributed by atoms with Crippen molar-refractivity contribution in [2.75, 3.05) is 5.33 Å². The van der Waals surface area contributed by atoms with Crippen LogP contribution in [0.1, 0.15) is 33.1 Å². The molecule has 0 bridgehead atoms. The van der Waals surface area contributed by atoms with E-state index in [1.54, 1.807) is 0 Å². The van der Waals surface area contributed by atoms with Gasteiger partial charge in [-0.25, -0.2) is 0 Å². The summed E-state index contributed by atoms with van der Waals surface area (Å²) in [7, 11) is 0. The fourth-order valence-corrected chi connectivity index (χ4v) is 0.953. The van der Waals surface area contributed by atoms with Crippen LogP contribution in [0.3, 0.4) is 0 Å². The molecule has 0 unspecified atom stereocenters. The van der Waals surface area contributed by atoms with Gasteiger partial charge in [0, 0.05) is 5.33 Å². The minimum Gasteiger partial charge on any atom is -0.0928 e. The van der Waals surface area contributed by atoms with Crippen LogP contribution in [0.4, 0.5) is 0 Å². The molecule has 0 aromatic carbocycles. The van der Waals surface area contributed by atoms with E-state index in [-0.39, 0.29) is 0 Å². The Balaban J connectivity index is 2.86. The Morgan fingerprint density at radius 1 is 1.50 bits per heavy atom. The second-order valence-electron chi connectivity index (χ2n) is 2.34. The summed E-state index contributed by atoms with van der Waals surface area (Å²) in [5, 5.41) is 1.16. The summed E-state index contributed by atoms with van der Waals surface area (Å²) in [5.74, 6) is 0.924. The Kier molecular flexibility index (Phi) is 5.95. The maximum Gasteiger partial charge on any atom is 0.00314 e. The Labute approximate surface area is 60.8 Å². The van der Waals surface area contributed by atoms with Crippen LogP contribution >= 0.6 is 15.9 Å². The highest BCUT2D eigenvalue weighted by molar-refractivity contribution is 9.09. The zero-order valence-electron chi connectivity index (χ0n) is 5.78. The third-order valence-corrected chi connectivity index (χ3v) is 2.09. The molecule has 0 saturated heterocycles. The molecule has 0 fully saturated rings. The number of hydrogen-bond donors (Lipinski definition) is 0. The minimum atomic E-state index is 0.924. The highest BCUT2D eigenvalue weighted by Crippen LogP contribution is 2.09. The van der Waals surface area contributed by atoms with Crippen molar-refractivity contribution in [3.63, 3.8) is 0 Å². The minimum absolute atomic E-state index is 0.924. The van der Waals surface area contributed by atoms with Gasteiger partial charge in [-0.05, 0) is 18.8 Å². The average Bonchev–Trinajstić information content (AvgIpc) is 1.83. The lowest BCUT2D eigenvalue weighted by Crippen LogP contribution is -1.91. The number of hydrogen-bond acceptors (Lipinski definition) is 0. The summed E-state index contributed by atoms with van der Waals surface area (Å²) in [5.41, 5.74) is 0. The van der Waals surface area contributed by atoms with Crippen LogP contribution < -0.4 is 0 Å². The van der Waals surface area contributed by atoms with Gasteiger partial charge in [0.15, 0.2) is 0 Å². The predicted octanol–water partition coefficient (Wildman–Crippen LogP) is 3.21. The lowest BCUT2D eigenvalue weighted by Gasteiger charge is -2.04. The molecule has 0 spiro atoms. The summed E-state index contributed by atoms with van der Waals surface area (Å²) >= 11 is 3.41. The molecule has 0 rings (SSSR count). The first-order valence-electron chi connectivity index (χ1n) is 3.37. The molecule has 0 aromatic heterocycles. The zero-order valence-corrected chi connectivity index (χ0v) is 7.37. The van der Waals surface area contributed by atoms with Gasteiger partial charge in [-0.3, -0.25) is 0 Å². The molecule has 0 heterocycles. The first-order chi connectivity index (χ1) is 3.81. The number of rotatable bonds is 4. The van der Waals surface area contributed by atoms with Crippen molar-refractivity contribution >= 4 is 15.9 Å². The summed E-state index contributed by atoms with van der Waals surface area (Å²) in [6.07, 6.45) is 4.03. The highest BCUT2D eigenvalue weighted by Gasteiger charge is 1.95. The summed E-state index contributed by atoms with van der Waals surface area (Å²) in [6, 6.07) is 0. The molecule has 0 aliphatic heterocycles. The largest absolute Gasteiger partial charge is 0.0928 e. The van der Waals surface area contributed by atoms with E-state index in [1.165, 1.54) is 19.3 Å². The molecule has 0 radical (unpaired) electrons. The van der Waals surface area contributed by atoms with Crippen molar-refractivity contribution in [2.45, 2.75) is 33.1 Å². The van der Waals surface area contributed by atoms with Crippen LogP contribution in [0, 0.1) is 5.92 Å². The molecule has 0 amide bonds. The first-order valence-corrected chi connectivity index (χ1v) is 4.49. The van der Waals surface area contributed by atoms with E-state index in [4.69, 9.17) is 0 Å². The maximum atomic E-state index is 3.41. The van der Waals surface area contributed by atoms with Gasteiger partial charge in [-0.1, -0.05) is 36.2 Å². The number of halogens is 1. The van der Waals surface area contributed by atoms with Gasteiger partial charge >= 0.3 is 0 Å². The monoisotopic (exact) mass is 178 g/mol. The van der Waals surface area contributed by atoms with Crippen molar-refractivity contribution in [3.8, 4) is 0 Å². The van der Waals surface area contributed by atoms with Gasteiger partial charge in [0.1, 0.15) is 0 Å². The first kappa shape index (κ1) is 8.48. The van der Waals surface area contributed by atoms with Crippen LogP contribution in [0.5, 0.6) is 0 Å². The third-order valence-electron chi connectivity index (χ3n) is 1.53. The van der Waals surface area contributed by atoms with E-state index in [0.717, 1.165) is 11.2 Å². The fourth-order valence-electron chi connectivity index (χ4n) is 0.630. The molecular formula is C7H15Br. The van der Waals surface area contributed by atoms with Crippen LogP contribution in [0.25, 0.3) is 0 Å². The molecule has 0 aliphatic carbocycles. The normalized spacial score (nSPS) is 13.9. The number of alkyl halides is 1. The van der Waals surface area contributed by atoms with E-state index in [9.17, 15) is 0 Å². The smallest absolute Gasteiger partial charge is 0.00314 e. The molecule has 0 N–H and O–H groups in total. The van der Waals surface area contributed by atoms with Crippen LogP contribution in [-0.4, -0.2) is 5.33 Å². The standard InChI is InChI=1S/C7H15Br/c1-3-7(2)5-4-6-8/h7H,3-6H2,1-2H3/t7-/m1/s1. The molecule has 0 aromatic rings. The van der Waals surface area contributed by atoms with Crippen LogP contribution in [-0.2, 0) is 0 Å². The van der Waals surface area contributed by atoms with Gasteiger partial charge in [0.05, 0.1) is 0 Å². The fraction of sp³-hybridized carbons (Fsp3) is 1.00. The van der Waals surface area contributed by atoms with Gasteiger partial charge in [0.25, 0.3) is 0 Å². The molecule has 50 valence electrons. The predicted molar refractivity (Wildman–Crippen MR) is 42.5 cm³/mol. The summed E-state index contributed by atoms with van der Waals surface area (Å²) < 4.78 is 0. The van der Waals surface area contributed by atoms with Crippen LogP contribution in [0.15, 0.2) is 0 Å². The lowest BCUT2D eigenvalue weighted by atomic mass is 10.0. The van der Waals surface area contributed by atoms with Crippen molar-refractivity contribution in [3.05, 3.63) is 0 Å². The Bertz CT molecular complexity index is 43.7. The highest BCUT2D eigenvalue weighted by atomic mass is 79.9. The second kappa shape index (κ2) is 5.61. The summed E-state index contributed by atoms with van der Waals surface area (Å²) in [6.45, 7) is 4.56. The quantitative estimate of drug-likeness (QED) is 0.581. The van der Waals surface area contributed by atoms with E-state index in [2.05, 4.69) is 29.8 Å². The molecule has 1 heteroatoms. The van der Waals surface area contributed by atoms with Crippen molar-refractivity contribution in [2.24, 2.45) is 5.92 Å². The molecule has 8 heavy (non-hydrogen) atoms. The summed E-state index contributed by atoms with van der Waals surface area (Å²) in [4.78, 5) is 0. The third kappa shape index (κ3) is 4.63. The Morgan fingerprint density at radius 3 is 2.50 bits per heavy atom. The second-order valence-corrected chi connectivity index (χ2v) is 3.14. The molecular weight excluding hydrogens is 164 g/mol. The Morgan fingerprint density at radius 2 is 2.12 bits per heavy atom. The van der Waals surface area contributed by atoms with E-state index < -0.39 is 0 Å². The zero-order chi connectivity index (χ0) is 6.41. The van der Waals surface area contributed by atoms with E-state index in [0.29, 0.717) is 0 Å². The molecule has 0 aliphatic rings. The van der Waals surface area contributed by atoms with Crippen molar-refractivity contribution < 1.29 is 0 Å². The van der Waals surface area contributed by atoms with Gasteiger partial charge in [-0.15, -0.1) is 0 Å². The van der Waals surface area contributed by atoms with Crippen molar-refractivity contribution in [1.29, 1.82) is 0 Å². The van der Waals surface area contributed by atoms with Crippen molar-refractivity contribution in [1.82, 2.24) is 0 Å². The average molecular weight is 179 g/mol. The Hall–Kier alpha value is 0.480. The van der Waals surface area contributed by atoms with Gasteiger partial charge in [0.2, 0.25) is 0 Å². The lowest BCUT2D eigenvalue weighted by molar-refractivity contribution is 0.512. The van der Waals surface area contributed by atoms with Gasteiger partial charge < -0.3 is 0 Å². The SMILES string of the molecule is CC[C@@H](C)CCCBr. The molecule has 1 atom stereocenters. The topological polar surface area (TPSA) is 0 Å². The maximum absolute atomic E-state index is 3.41. The van der Waals surface area contributed by atoms with Gasteiger partial charge in [-0.2, -0.15) is 0 Å².